The van der Waals surface area contributed by atoms with Crippen LogP contribution in [-0.2, 0) is 6.54 Å². The lowest BCUT2D eigenvalue weighted by atomic mass is 9.97. The normalized spacial score (nSPS) is 25.2. The lowest BCUT2D eigenvalue weighted by Gasteiger charge is -2.31. The molecule has 0 aromatic heterocycles. The van der Waals surface area contributed by atoms with Crippen molar-refractivity contribution in [2.75, 3.05) is 26.3 Å². The van der Waals surface area contributed by atoms with Gasteiger partial charge in [0.05, 0.1) is 0 Å². The summed E-state index contributed by atoms with van der Waals surface area (Å²) < 4.78 is 0. The van der Waals surface area contributed by atoms with Gasteiger partial charge in [0.1, 0.15) is 0 Å². The predicted octanol–water partition coefficient (Wildman–Crippen LogP) is 1.78. The number of hydrogen-bond acceptors (Lipinski definition) is 4. The van der Waals surface area contributed by atoms with Gasteiger partial charge in [0.25, 0.3) is 5.91 Å². The monoisotopic (exact) mass is 346 g/mol. The van der Waals surface area contributed by atoms with E-state index in [-0.39, 0.29) is 24.5 Å². The zero-order valence-corrected chi connectivity index (χ0v) is 14.9. The van der Waals surface area contributed by atoms with Gasteiger partial charge in [-0.3, -0.25) is 9.69 Å². The second-order valence-corrected chi connectivity index (χ2v) is 7.55. The van der Waals surface area contributed by atoms with Crippen molar-refractivity contribution in [1.29, 1.82) is 0 Å². The van der Waals surface area contributed by atoms with Gasteiger partial charge in [-0.2, -0.15) is 0 Å². The smallest absolute Gasteiger partial charge is 0.251 e. The van der Waals surface area contributed by atoms with Crippen LogP contribution >= 0.6 is 0 Å². The van der Waals surface area contributed by atoms with Gasteiger partial charge in [0.15, 0.2) is 0 Å². The van der Waals surface area contributed by atoms with Gasteiger partial charge in [-0.25, -0.2) is 0 Å². The summed E-state index contributed by atoms with van der Waals surface area (Å²) in [6, 6.07) is 7.96. The van der Waals surface area contributed by atoms with Crippen molar-refractivity contribution in [1.82, 2.24) is 10.2 Å². The molecule has 2 aliphatic rings. The minimum atomic E-state index is -0.0411. The van der Waals surface area contributed by atoms with Crippen LogP contribution in [0.15, 0.2) is 24.3 Å². The summed E-state index contributed by atoms with van der Waals surface area (Å²) in [5.41, 5.74) is 1.90. The van der Waals surface area contributed by atoms with Gasteiger partial charge in [-0.05, 0) is 62.4 Å². The number of nitrogens with one attached hydrogen (secondary N) is 1. The average Bonchev–Trinajstić information content (AvgIpc) is 3.10. The van der Waals surface area contributed by atoms with Crippen molar-refractivity contribution in [2.45, 2.75) is 44.7 Å². The van der Waals surface area contributed by atoms with Gasteiger partial charge in [0.2, 0.25) is 0 Å². The highest BCUT2D eigenvalue weighted by Gasteiger charge is 2.28. The standard InChI is InChI=1S/C20H30N2O3/c23-13-16-8-10-22(11-9-16)12-15-4-6-17(7-5-15)20(25)21-19-3-1-2-18(19)14-24/h4-7,16,18-19,23-24H,1-3,8-14H2,(H,21,25)/t18-,19+/m0/s1. The van der Waals surface area contributed by atoms with Crippen LogP contribution in [0.4, 0.5) is 0 Å². The predicted molar refractivity (Wildman–Crippen MR) is 97.2 cm³/mol. The molecule has 1 aromatic rings. The molecule has 3 N–H and O–H groups in total. The number of hydrogen-bond donors (Lipinski definition) is 3. The summed E-state index contributed by atoms with van der Waals surface area (Å²) >= 11 is 0. The topological polar surface area (TPSA) is 72.8 Å². The first-order valence-electron chi connectivity index (χ1n) is 9.53. The summed E-state index contributed by atoms with van der Waals surface area (Å²) in [6.07, 6.45) is 5.14. The van der Waals surface area contributed by atoms with Crippen LogP contribution in [0.2, 0.25) is 0 Å². The van der Waals surface area contributed by atoms with Gasteiger partial charge in [0, 0.05) is 37.3 Å². The fourth-order valence-corrected chi connectivity index (χ4v) is 4.04. The Balaban J connectivity index is 1.51. The van der Waals surface area contributed by atoms with Crippen molar-refractivity contribution in [2.24, 2.45) is 11.8 Å². The maximum atomic E-state index is 12.4. The summed E-state index contributed by atoms with van der Waals surface area (Å²) in [6.45, 7) is 3.40. The molecule has 1 heterocycles. The molecule has 0 bridgehead atoms. The number of rotatable bonds is 6. The highest BCUT2D eigenvalue weighted by molar-refractivity contribution is 5.94. The van der Waals surface area contributed by atoms with Crippen molar-refractivity contribution in [3.8, 4) is 0 Å². The summed E-state index contributed by atoms with van der Waals surface area (Å²) in [5.74, 6) is 0.617. The van der Waals surface area contributed by atoms with Crippen LogP contribution < -0.4 is 5.32 Å². The third kappa shape index (κ3) is 4.81. The first-order valence-corrected chi connectivity index (χ1v) is 9.53. The van der Waals surface area contributed by atoms with E-state index in [0.29, 0.717) is 18.1 Å². The molecule has 1 aliphatic carbocycles. The summed E-state index contributed by atoms with van der Waals surface area (Å²) in [7, 11) is 0. The fraction of sp³-hybridized carbons (Fsp3) is 0.650. The molecule has 25 heavy (non-hydrogen) atoms. The van der Waals surface area contributed by atoms with E-state index in [4.69, 9.17) is 0 Å². The number of aliphatic hydroxyl groups is 2. The molecule has 0 unspecified atom stereocenters. The molecule has 5 heteroatoms. The van der Waals surface area contributed by atoms with E-state index in [9.17, 15) is 15.0 Å². The van der Waals surface area contributed by atoms with E-state index < -0.39 is 0 Å². The van der Waals surface area contributed by atoms with E-state index in [1.165, 1.54) is 5.56 Å². The molecule has 138 valence electrons. The number of nitrogens with zero attached hydrogens (tertiary/aromatic N) is 1. The van der Waals surface area contributed by atoms with Crippen LogP contribution in [0.25, 0.3) is 0 Å². The number of amides is 1. The van der Waals surface area contributed by atoms with E-state index in [0.717, 1.165) is 51.7 Å². The van der Waals surface area contributed by atoms with Crippen LogP contribution in [0.3, 0.4) is 0 Å². The Kier molecular flexibility index (Phi) is 6.45. The number of carbonyl (C=O) groups excluding carboxylic acids is 1. The Morgan fingerprint density at radius 2 is 1.76 bits per heavy atom. The largest absolute Gasteiger partial charge is 0.396 e. The van der Waals surface area contributed by atoms with E-state index in [2.05, 4.69) is 10.2 Å². The molecule has 2 fully saturated rings. The molecule has 2 atom stereocenters. The number of carbonyl (C=O) groups is 1. The second-order valence-electron chi connectivity index (χ2n) is 7.55. The Bertz CT molecular complexity index is 553. The van der Waals surface area contributed by atoms with E-state index >= 15 is 0 Å². The van der Waals surface area contributed by atoms with Gasteiger partial charge >= 0.3 is 0 Å². The molecular weight excluding hydrogens is 316 g/mol. The number of piperidine rings is 1. The molecule has 3 rings (SSSR count). The first-order chi connectivity index (χ1) is 12.2. The highest BCUT2D eigenvalue weighted by atomic mass is 16.3. The fourth-order valence-electron chi connectivity index (χ4n) is 4.04. The Morgan fingerprint density at radius 1 is 1.04 bits per heavy atom. The molecule has 1 saturated carbocycles. The minimum absolute atomic E-state index is 0.0411. The van der Waals surface area contributed by atoms with Gasteiger partial charge in [-0.1, -0.05) is 18.6 Å². The average molecular weight is 346 g/mol. The lowest BCUT2D eigenvalue weighted by molar-refractivity contribution is 0.0916. The van der Waals surface area contributed by atoms with E-state index in [1.54, 1.807) is 0 Å². The zero-order valence-electron chi connectivity index (χ0n) is 14.9. The zero-order chi connectivity index (χ0) is 17.6. The highest BCUT2D eigenvalue weighted by Crippen LogP contribution is 2.25. The van der Waals surface area contributed by atoms with Crippen molar-refractivity contribution < 1.29 is 15.0 Å². The van der Waals surface area contributed by atoms with Crippen LogP contribution in [0.5, 0.6) is 0 Å². The third-order valence-corrected chi connectivity index (χ3v) is 5.80. The van der Waals surface area contributed by atoms with Crippen molar-refractivity contribution in [3.05, 3.63) is 35.4 Å². The lowest BCUT2D eigenvalue weighted by Crippen LogP contribution is -2.38. The molecule has 1 amide bonds. The Morgan fingerprint density at radius 3 is 2.40 bits per heavy atom. The maximum absolute atomic E-state index is 12.4. The minimum Gasteiger partial charge on any atom is -0.396 e. The molecule has 0 spiro atoms. The van der Waals surface area contributed by atoms with Gasteiger partial charge in [-0.15, -0.1) is 0 Å². The Hall–Kier alpha value is -1.43. The van der Waals surface area contributed by atoms with Crippen LogP contribution in [0.1, 0.15) is 48.0 Å². The molecule has 5 nitrogen and oxygen atoms in total. The maximum Gasteiger partial charge on any atom is 0.251 e. The van der Waals surface area contributed by atoms with Gasteiger partial charge < -0.3 is 15.5 Å². The molecule has 0 radical (unpaired) electrons. The van der Waals surface area contributed by atoms with Crippen molar-refractivity contribution >= 4 is 5.91 Å². The van der Waals surface area contributed by atoms with Crippen LogP contribution in [0, 0.1) is 11.8 Å². The van der Waals surface area contributed by atoms with E-state index in [1.807, 2.05) is 24.3 Å². The SMILES string of the molecule is O=C(N[C@@H]1CCC[C@H]1CO)c1ccc(CN2CCC(CO)CC2)cc1. The Labute approximate surface area is 150 Å². The number of benzene rings is 1. The second kappa shape index (κ2) is 8.79. The molecule has 1 aliphatic heterocycles. The van der Waals surface area contributed by atoms with Crippen LogP contribution in [-0.4, -0.2) is 53.4 Å². The third-order valence-electron chi connectivity index (χ3n) is 5.80. The van der Waals surface area contributed by atoms with Crippen molar-refractivity contribution in [3.63, 3.8) is 0 Å². The summed E-state index contributed by atoms with van der Waals surface area (Å²) in [5, 5.41) is 21.7. The molecule has 1 aromatic carbocycles. The summed E-state index contributed by atoms with van der Waals surface area (Å²) in [4.78, 5) is 14.8. The number of aliphatic hydroxyl groups excluding tert-OH is 2. The molecule has 1 saturated heterocycles. The quantitative estimate of drug-likeness (QED) is 0.734. The first kappa shape index (κ1) is 18.4. The number of likely N-dealkylation sites (tertiary alicyclic amines) is 1. The molecular formula is C20H30N2O3.